The molecule has 0 saturated carbocycles. The Labute approximate surface area is 196 Å². The smallest absolute Gasteiger partial charge is 0.253 e. The molecule has 34 heavy (non-hydrogen) atoms. The molecule has 3 N–H and O–H groups in total. The monoisotopic (exact) mass is 455 g/mol. The summed E-state index contributed by atoms with van der Waals surface area (Å²) in [5.74, 6) is 0.823. The molecule has 9 nitrogen and oxygen atoms in total. The van der Waals surface area contributed by atoms with Gasteiger partial charge >= 0.3 is 0 Å². The average Bonchev–Trinajstić information content (AvgIpc) is 2.78. The van der Waals surface area contributed by atoms with Gasteiger partial charge in [0.15, 0.2) is 0 Å². The van der Waals surface area contributed by atoms with Crippen molar-refractivity contribution in [1.29, 1.82) is 0 Å². The number of nitrogens with zero attached hydrogens (tertiary/aromatic N) is 4. The van der Waals surface area contributed by atoms with Gasteiger partial charge in [0.1, 0.15) is 12.4 Å². The summed E-state index contributed by atoms with van der Waals surface area (Å²) < 4.78 is 1.26. The van der Waals surface area contributed by atoms with Gasteiger partial charge in [0.2, 0.25) is 11.9 Å². The zero-order chi connectivity index (χ0) is 24.1. The second-order valence-electron chi connectivity index (χ2n) is 7.96. The predicted molar refractivity (Wildman–Crippen MR) is 133 cm³/mol. The summed E-state index contributed by atoms with van der Waals surface area (Å²) in [4.78, 5) is 37.3. The topological polar surface area (TPSA) is 114 Å². The number of amides is 1. The maximum Gasteiger partial charge on any atom is 0.253 e. The van der Waals surface area contributed by atoms with Gasteiger partial charge in [-0.3, -0.25) is 14.2 Å². The molecule has 0 spiro atoms. The van der Waals surface area contributed by atoms with Gasteiger partial charge in [0, 0.05) is 40.6 Å². The maximum atomic E-state index is 12.3. The minimum atomic E-state index is -0.317. The highest BCUT2D eigenvalue weighted by Crippen LogP contribution is 2.21. The Morgan fingerprint density at radius 3 is 2.18 bits per heavy atom. The van der Waals surface area contributed by atoms with Crippen LogP contribution in [0.25, 0.3) is 0 Å². The summed E-state index contributed by atoms with van der Waals surface area (Å²) in [6, 6.07) is 18.5. The molecule has 0 atom stereocenters. The van der Waals surface area contributed by atoms with E-state index in [9.17, 15) is 9.59 Å². The number of aromatic nitrogens is 4. The Balaban J connectivity index is 1.39. The third kappa shape index (κ3) is 6.04. The molecule has 0 aliphatic heterocycles. The van der Waals surface area contributed by atoms with Crippen LogP contribution < -0.4 is 21.5 Å². The van der Waals surface area contributed by atoms with Crippen LogP contribution in [0.4, 0.5) is 28.8 Å². The fraction of sp³-hybridized carbons (Fsp3) is 0.160. The van der Waals surface area contributed by atoms with E-state index in [0.29, 0.717) is 23.1 Å². The minimum absolute atomic E-state index is 0.111. The third-order valence-electron chi connectivity index (χ3n) is 4.93. The number of hydrogen-bond acceptors (Lipinski definition) is 7. The van der Waals surface area contributed by atoms with Crippen molar-refractivity contribution < 1.29 is 4.79 Å². The van der Waals surface area contributed by atoms with E-state index in [2.05, 4.69) is 30.9 Å². The molecule has 2 aromatic heterocycles. The highest BCUT2D eigenvalue weighted by molar-refractivity contribution is 5.90. The predicted octanol–water partition coefficient (Wildman–Crippen LogP) is 4.08. The van der Waals surface area contributed by atoms with Crippen molar-refractivity contribution in [2.75, 3.05) is 16.0 Å². The molecule has 9 heteroatoms. The van der Waals surface area contributed by atoms with E-state index in [1.165, 1.54) is 22.5 Å². The zero-order valence-electron chi connectivity index (χ0n) is 19.2. The van der Waals surface area contributed by atoms with Gasteiger partial charge in [0.05, 0.1) is 6.33 Å². The first-order valence-electron chi connectivity index (χ1n) is 10.7. The maximum absolute atomic E-state index is 12.3. The van der Waals surface area contributed by atoms with Crippen LogP contribution in [-0.2, 0) is 11.3 Å². The molecular formula is C25H25N7O2. The fourth-order valence-electron chi connectivity index (χ4n) is 3.23. The first-order valence-corrected chi connectivity index (χ1v) is 10.7. The van der Waals surface area contributed by atoms with E-state index in [0.717, 1.165) is 17.1 Å². The van der Waals surface area contributed by atoms with Gasteiger partial charge in [-0.2, -0.15) is 4.98 Å². The van der Waals surface area contributed by atoms with Crippen LogP contribution in [0.1, 0.15) is 17.0 Å². The van der Waals surface area contributed by atoms with Crippen LogP contribution in [0, 0.1) is 20.8 Å². The molecule has 0 fully saturated rings. The van der Waals surface area contributed by atoms with Gasteiger partial charge in [-0.25, -0.2) is 9.97 Å². The fourth-order valence-corrected chi connectivity index (χ4v) is 3.23. The van der Waals surface area contributed by atoms with Crippen molar-refractivity contribution in [1.82, 2.24) is 19.5 Å². The summed E-state index contributed by atoms with van der Waals surface area (Å²) in [7, 11) is 0. The zero-order valence-corrected chi connectivity index (χ0v) is 19.2. The largest absolute Gasteiger partial charge is 0.340 e. The van der Waals surface area contributed by atoms with Crippen LogP contribution >= 0.6 is 0 Å². The summed E-state index contributed by atoms with van der Waals surface area (Å²) >= 11 is 0. The Kier molecular flexibility index (Phi) is 6.63. The van der Waals surface area contributed by atoms with Crippen molar-refractivity contribution in [3.63, 3.8) is 0 Å². The van der Waals surface area contributed by atoms with Crippen LogP contribution in [0.3, 0.4) is 0 Å². The van der Waals surface area contributed by atoms with E-state index in [4.69, 9.17) is 0 Å². The number of aryl methyl sites for hydroxylation is 3. The van der Waals surface area contributed by atoms with E-state index in [1.807, 2.05) is 56.3 Å². The van der Waals surface area contributed by atoms with E-state index in [-0.39, 0.29) is 18.0 Å². The molecule has 2 heterocycles. The van der Waals surface area contributed by atoms with Gasteiger partial charge in [-0.15, -0.1) is 0 Å². The normalized spacial score (nSPS) is 10.6. The van der Waals surface area contributed by atoms with Crippen molar-refractivity contribution in [3.8, 4) is 0 Å². The second kappa shape index (κ2) is 9.95. The summed E-state index contributed by atoms with van der Waals surface area (Å²) in [6.07, 6.45) is 1.37. The number of nitrogens with one attached hydrogen (secondary N) is 3. The molecule has 4 aromatic rings. The minimum Gasteiger partial charge on any atom is -0.340 e. The van der Waals surface area contributed by atoms with Crippen LogP contribution in [0.15, 0.2) is 71.8 Å². The highest BCUT2D eigenvalue weighted by atomic mass is 16.2. The molecule has 0 aliphatic carbocycles. The van der Waals surface area contributed by atoms with E-state index in [1.54, 1.807) is 19.1 Å². The third-order valence-corrected chi connectivity index (χ3v) is 4.93. The van der Waals surface area contributed by atoms with Crippen molar-refractivity contribution in [3.05, 3.63) is 94.3 Å². The van der Waals surface area contributed by atoms with Crippen LogP contribution in [-0.4, -0.2) is 25.4 Å². The van der Waals surface area contributed by atoms with Crippen LogP contribution in [0.5, 0.6) is 0 Å². The number of carbonyl (C=O) groups excluding carboxylic acids is 1. The summed E-state index contributed by atoms with van der Waals surface area (Å²) in [6.45, 7) is 5.56. The molecule has 0 radical (unpaired) electrons. The molecule has 0 unspecified atom stereocenters. The molecular weight excluding hydrogens is 430 g/mol. The number of benzene rings is 2. The first kappa shape index (κ1) is 22.7. The molecule has 0 aliphatic rings. The molecule has 0 bridgehead atoms. The molecule has 2 aromatic carbocycles. The van der Waals surface area contributed by atoms with Crippen LogP contribution in [0.2, 0.25) is 0 Å². The van der Waals surface area contributed by atoms with Crippen molar-refractivity contribution in [2.45, 2.75) is 27.3 Å². The molecule has 0 saturated heterocycles. The van der Waals surface area contributed by atoms with Gasteiger partial charge < -0.3 is 16.0 Å². The summed E-state index contributed by atoms with van der Waals surface area (Å²) in [5, 5.41) is 9.25. The van der Waals surface area contributed by atoms with Gasteiger partial charge in [0.25, 0.3) is 5.56 Å². The SMILES string of the molecule is Cc1ccc(Nc2cc(C)nc(Nc3ccc(NC(=O)Cn4cnc(C)cc4=O)cc3)n2)cc1. The molecule has 1 amide bonds. The quantitative estimate of drug-likeness (QED) is 0.385. The number of carbonyl (C=O) groups is 1. The van der Waals surface area contributed by atoms with Crippen molar-refractivity contribution >= 4 is 34.7 Å². The molecule has 4 rings (SSSR count). The lowest BCUT2D eigenvalue weighted by Crippen LogP contribution is -2.27. The Morgan fingerprint density at radius 1 is 0.824 bits per heavy atom. The number of rotatable bonds is 7. The summed E-state index contributed by atoms with van der Waals surface area (Å²) in [5.41, 5.74) is 4.67. The second-order valence-corrected chi connectivity index (χ2v) is 7.96. The Bertz CT molecular complexity index is 1360. The lowest BCUT2D eigenvalue weighted by Gasteiger charge is -2.11. The van der Waals surface area contributed by atoms with E-state index < -0.39 is 0 Å². The number of hydrogen-bond donors (Lipinski definition) is 3. The van der Waals surface area contributed by atoms with Gasteiger partial charge in [-0.05, 0) is 57.2 Å². The Hall–Kier alpha value is -4.53. The number of anilines is 5. The average molecular weight is 456 g/mol. The highest BCUT2D eigenvalue weighted by Gasteiger charge is 2.07. The first-order chi connectivity index (χ1) is 16.3. The standard InChI is InChI=1S/C25H25N7O2/c1-16-4-6-19(7-5-16)28-22-12-18(3)27-25(31-22)30-21-10-8-20(9-11-21)29-23(33)14-32-15-26-17(2)13-24(32)34/h4-13,15H,14H2,1-3H3,(H,29,33)(H2,27,28,30,31). The molecule has 172 valence electrons. The lowest BCUT2D eigenvalue weighted by molar-refractivity contribution is -0.116. The van der Waals surface area contributed by atoms with E-state index >= 15 is 0 Å². The lowest BCUT2D eigenvalue weighted by atomic mass is 10.2. The Morgan fingerprint density at radius 2 is 1.47 bits per heavy atom. The van der Waals surface area contributed by atoms with Crippen molar-refractivity contribution in [2.24, 2.45) is 0 Å². The van der Waals surface area contributed by atoms with Gasteiger partial charge in [-0.1, -0.05) is 17.7 Å².